The molecule has 0 saturated carbocycles. The molecule has 0 fully saturated rings. The van der Waals surface area contributed by atoms with Gasteiger partial charge in [0.15, 0.2) is 12.3 Å². The second-order valence-corrected chi connectivity index (χ2v) is 13.3. The first-order valence-corrected chi connectivity index (χ1v) is 16.2. The van der Waals surface area contributed by atoms with Gasteiger partial charge in [0.2, 0.25) is 11.6 Å². The summed E-state index contributed by atoms with van der Waals surface area (Å²) in [5.74, 6) is 0.305. The fraction of sp³-hybridized carbons (Fsp3) is 0.325. The van der Waals surface area contributed by atoms with Gasteiger partial charge in [0.05, 0.1) is 11.8 Å². The minimum Gasteiger partial charge on any atom is -0.359 e. The van der Waals surface area contributed by atoms with E-state index in [1.54, 1.807) is 7.05 Å². The van der Waals surface area contributed by atoms with Crippen LogP contribution in [0, 0.1) is 0 Å². The average Bonchev–Trinajstić information content (AvgIpc) is 3.40. The van der Waals surface area contributed by atoms with Gasteiger partial charge in [-0.05, 0) is 59.2 Å². The SMILES string of the molecule is CCC(=O)CCN1/C(=C/C=C/C2=[N+](CCC(=O)NC)c3ccc4ccccc4c3C2(C)C)C(C)(C)c2c1ccc1ccccc21. The molecule has 0 spiro atoms. The van der Waals surface area contributed by atoms with Crippen molar-refractivity contribution in [2.75, 3.05) is 25.0 Å². The van der Waals surface area contributed by atoms with Gasteiger partial charge in [-0.15, -0.1) is 0 Å². The Morgan fingerprint density at radius 2 is 1.47 bits per heavy atom. The zero-order chi connectivity index (χ0) is 31.9. The number of hydrogen-bond acceptors (Lipinski definition) is 3. The number of rotatable bonds is 9. The van der Waals surface area contributed by atoms with Crippen LogP contribution in [0.2, 0.25) is 0 Å². The van der Waals surface area contributed by atoms with Crippen molar-refractivity contribution in [1.82, 2.24) is 5.32 Å². The van der Waals surface area contributed by atoms with Gasteiger partial charge in [0.25, 0.3) is 0 Å². The Bertz CT molecular complexity index is 1920. The highest BCUT2D eigenvalue weighted by Gasteiger charge is 2.46. The highest BCUT2D eigenvalue weighted by atomic mass is 16.1. The molecule has 2 aliphatic rings. The van der Waals surface area contributed by atoms with Gasteiger partial charge < -0.3 is 10.2 Å². The lowest BCUT2D eigenvalue weighted by Gasteiger charge is -2.27. The number of amides is 1. The van der Waals surface area contributed by atoms with Crippen LogP contribution in [0.25, 0.3) is 21.5 Å². The van der Waals surface area contributed by atoms with E-state index in [9.17, 15) is 9.59 Å². The molecule has 45 heavy (non-hydrogen) atoms. The second-order valence-electron chi connectivity index (χ2n) is 13.3. The summed E-state index contributed by atoms with van der Waals surface area (Å²) in [7, 11) is 1.69. The summed E-state index contributed by atoms with van der Waals surface area (Å²) < 4.78 is 2.33. The van der Waals surface area contributed by atoms with Gasteiger partial charge in [-0.2, -0.15) is 4.58 Å². The molecule has 2 aliphatic heterocycles. The topological polar surface area (TPSA) is 52.4 Å². The number of carbonyl (C=O) groups excluding carboxylic acids is 2. The quantitative estimate of drug-likeness (QED) is 0.198. The first-order valence-electron chi connectivity index (χ1n) is 16.2. The zero-order valence-electron chi connectivity index (χ0n) is 27.4. The van der Waals surface area contributed by atoms with Crippen LogP contribution in [0.4, 0.5) is 11.4 Å². The van der Waals surface area contributed by atoms with E-state index in [0.29, 0.717) is 32.4 Å². The number of Topliss-reactive ketones (excluding diaryl/α,β-unsaturated/α-hetero) is 1. The van der Waals surface area contributed by atoms with E-state index in [1.165, 1.54) is 49.8 Å². The van der Waals surface area contributed by atoms with Crippen molar-refractivity contribution in [2.45, 2.75) is 64.7 Å². The monoisotopic (exact) mass is 598 g/mol. The molecule has 0 atom stereocenters. The lowest BCUT2D eigenvalue weighted by atomic mass is 9.79. The van der Waals surface area contributed by atoms with Crippen molar-refractivity contribution in [3.05, 3.63) is 108 Å². The lowest BCUT2D eigenvalue weighted by molar-refractivity contribution is -0.436. The first-order chi connectivity index (χ1) is 21.6. The molecule has 0 aliphatic carbocycles. The smallest absolute Gasteiger partial charge is 0.226 e. The molecule has 0 unspecified atom stereocenters. The molecule has 230 valence electrons. The van der Waals surface area contributed by atoms with E-state index in [-0.39, 0.29) is 22.5 Å². The largest absolute Gasteiger partial charge is 0.359 e. The number of carbonyl (C=O) groups is 2. The third-order valence-corrected chi connectivity index (χ3v) is 9.87. The third kappa shape index (κ3) is 5.18. The summed E-state index contributed by atoms with van der Waals surface area (Å²) in [4.78, 5) is 27.2. The highest BCUT2D eigenvalue weighted by molar-refractivity contribution is 6.08. The van der Waals surface area contributed by atoms with Crippen molar-refractivity contribution in [3.8, 4) is 0 Å². The lowest BCUT2D eigenvalue weighted by Crippen LogP contribution is -2.30. The second kappa shape index (κ2) is 11.8. The van der Waals surface area contributed by atoms with Crippen LogP contribution >= 0.6 is 0 Å². The number of anilines is 1. The number of allylic oxidation sites excluding steroid dienone is 4. The average molecular weight is 599 g/mol. The number of nitrogens with one attached hydrogen (secondary N) is 1. The van der Waals surface area contributed by atoms with Gasteiger partial charge in [0.1, 0.15) is 5.78 Å². The Morgan fingerprint density at radius 3 is 2.13 bits per heavy atom. The molecule has 4 aromatic rings. The maximum Gasteiger partial charge on any atom is 0.226 e. The summed E-state index contributed by atoms with van der Waals surface area (Å²) >= 11 is 0. The molecule has 5 nitrogen and oxygen atoms in total. The minimum absolute atomic E-state index is 0.0301. The Labute approximate surface area is 266 Å². The summed E-state index contributed by atoms with van der Waals surface area (Å²) in [5.41, 5.74) is 6.77. The van der Waals surface area contributed by atoms with E-state index in [2.05, 4.69) is 134 Å². The number of ketones is 1. The van der Waals surface area contributed by atoms with E-state index < -0.39 is 0 Å². The molecular formula is C40H44N3O2+. The molecular weight excluding hydrogens is 554 g/mol. The van der Waals surface area contributed by atoms with Gasteiger partial charge in [-0.25, -0.2) is 0 Å². The van der Waals surface area contributed by atoms with Crippen molar-refractivity contribution in [3.63, 3.8) is 0 Å². The zero-order valence-corrected chi connectivity index (χ0v) is 27.4. The predicted molar refractivity (Wildman–Crippen MR) is 187 cm³/mol. The van der Waals surface area contributed by atoms with Gasteiger partial charge >= 0.3 is 0 Å². The number of benzene rings is 4. The van der Waals surface area contributed by atoms with Gasteiger partial charge in [-0.3, -0.25) is 9.59 Å². The predicted octanol–water partition coefficient (Wildman–Crippen LogP) is 8.11. The van der Waals surface area contributed by atoms with Crippen molar-refractivity contribution >= 4 is 50.3 Å². The van der Waals surface area contributed by atoms with Gasteiger partial charge in [0, 0.05) is 60.9 Å². The van der Waals surface area contributed by atoms with Crippen LogP contribution in [-0.2, 0) is 20.4 Å². The highest BCUT2D eigenvalue weighted by Crippen LogP contribution is 2.51. The number of fused-ring (bicyclic) bond motifs is 6. The number of hydrogen-bond donors (Lipinski definition) is 1. The van der Waals surface area contributed by atoms with Crippen LogP contribution in [0.3, 0.4) is 0 Å². The fourth-order valence-electron chi connectivity index (χ4n) is 7.53. The molecule has 1 N–H and O–H groups in total. The van der Waals surface area contributed by atoms with Crippen LogP contribution in [0.1, 0.15) is 65.0 Å². The minimum atomic E-state index is -0.272. The van der Waals surface area contributed by atoms with Crippen molar-refractivity contribution in [2.24, 2.45) is 0 Å². The molecule has 0 bridgehead atoms. The number of nitrogens with zero attached hydrogens (tertiary/aromatic N) is 2. The molecule has 4 aromatic carbocycles. The Balaban J connectivity index is 1.46. The standard InChI is InChI=1S/C40H43N3O2/c1-7-29(44)23-25-42-32-21-19-27-13-8-10-15-30(27)37(32)39(2,3)34(42)17-12-18-35-40(4,5)38-31-16-11-9-14-28(31)20-22-33(38)43(35)26-24-36(45)41-6/h8-22H,7,23-26H2,1-6H3/p+1. The molecule has 6 rings (SSSR count). The fourth-order valence-corrected chi connectivity index (χ4v) is 7.53. The first kappa shape index (κ1) is 30.5. The third-order valence-electron chi connectivity index (χ3n) is 9.87. The van der Waals surface area contributed by atoms with Crippen molar-refractivity contribution in [1.29, 1.82) is 0 Å². The van der Waals surface area contributed by atoms with Gasteiger partial charge in [-0.1, -0.05) is 81.4 Å². The van der Waals surface area contributed by atoms with Crippen LogP contribution < -0.4 is 10.2 Å². The normalized spacial score (nSPS) is 17.5. The van der Waals surface area contributed by atoms with Crippen LogP contribution in [-0.4, -0.2) is 42.1 Å². The van der Waals surface area contributed by atoms with Crippen LogP contribution in [0.5, 0.6) is 0 Å². The maximum absolute atomic E-state index is 12.5. The van der Waals surface area contributed by atoms with E-state index in [1.807, 2.05) is 6.92 Å². The summed E-state index contributed by atoms with van der Waals surface area (Å²) in [6, 6.07) is 26.0. The molecule has 0 saturated heterocycles. The van der Waals surface area contributed by atoms with E-state index in [0.717, 1.165) is 5.69 Å². The molecule has 0 aromatic heterocycles. The Kier molecular flexibility index (Phi) is 7.98. The summed E-state index contributed by atoms with van der Waals surface area (Å²) in [6.45, 7) is 12.4. The molecule has 0 radical (unpaired) electrons. The maximum atomic E-state index is 12.5. The summed E-state index contributed by atoms with van der Waals surface area (Å²) in [5, 5.41) is 7.74. The molecule has 2 heterocycles. The van der Waals surface area contributed by atoms with Crippen molar-refractivity contribution < 1.29 is 14.2 Å². The van der Waals surface area contributed by atoms with E-state index in [4.69, 9.17) is 0 Å². The van der Waals surface area contributed by atoms with Crippen LogP contribution in [0.15, 0.2) is 96.7 Å². The summed E-state index contributed by atoms with van der Waals surface area (Å²) in [6.07, 6.45) is 8.13. The Morgan fingerprint density at radius 1 is 0.822 bits per heavy atom. The Hall–Kier alpha value is -4.51. The molecule has 1 amide bonds. The molecule has 5 heteroatoms. The van der Waals surface area contributed by atoms with E-state index >= 15 is 0 Å².